The van der Waals surface area contributed by atoms with Gasteiger partial charge in [0.15, 0.2) is 0 Å². The summed E-state index contributed by atoms with van der Waals surface area (Å²) in [5, 5.41) is 0. The molecule has 15 heavy (non-hydrogen) atoms. The minimum absolute atomic E-state index is 0.982. The summed E-state index contributed by atoms with van der Waals surface area (Å²) in [6, 6.07) is 0. The molecule has 0 atom stereocenters. The normalized spacial score (nSPS) is 16.5. The molecule has 1 aliphatic heterocycles. The number of hydrogen-bond donors (Lipinski definition) is 0. The van der Waals surface area contributed by atoms with Crippen molar-refractivity contribution in [2.45, 2.75) is 39.7 Å². The van der Waals surface area contributed by atoms with Crippen LogP contribution in [0.3, 0.4) is 0 Å². The van der Waals surface area contributed by atoms with E-state index < -0.39 is 0 Å². The second-order valence-corrected chi connectivity index (χ2v) is 4.39. The Balaban J connectivity index is 2.35. The second-order valence-electron chi connectivity index (χ2n) is 4.39. The van der Waals surface area contributed by atoms with Crippen LogP contribution >= 0.6 is 0 Å². The Bertz CT molecular complexity index is 360. The summed E-state index contributed by atoms with van der Waals surface area (Å²) in [5.41, 5.74) is 3.82. The molecule has 0 bridgehead atoms. The number of hydrogen-bond acceptors (Lipinski definition) is 3. The Kier molecular flexibility index (Phi) is 3.00. The molecule has 82 valence electrons. The summed E-state index contributed by atoms with van der Waals surface area (Å²) in [5.74, 6) is 1.02. The van der Waals surface area contributed by atoms with Crippen LogP contribution < -0.4 is 0 Å². The largest absolute Gasteiger partial charge is 0.300 e. The first-order valence-electron chi connectivity index (χ1n) is 5.74. The summed E-state index contributed by atoms with van der Waals surface area (Å²) in [6.07, 6.45) is 3.22. The topological polar surface area (TPSA) is 29.0 Å². The van der Waals surface area contributed by atoms with Gasteiger partial charge in [-0.15, -0.1) is 0 Å². The van der Waals surface area contributed by atoms with Gasteiger partial charge in [0, 0.05) is 25.2 Å². The van der Waals surface area contributed by atoms with Gasteiger partial charge in [-0.25, -0.2) is 9.97 Å². The predicted octanol–water partition coefficient (Wildman–Crippen LogP) is 1.73. The standard InChI is InChI=1S/C12H19N3/c1-4-5-12-13-9(2)10-6-7-15(3)8-11(10)14-12/h4-8H2,1-3H3. The van der Waals surface area contributed by atoms with Crippen LogP contribution in [0.25, 0.3) is 0 Å². The lowest BCUT2D eigenvalue weighted by molar-refractivity contribution is 0.305. The maximum Gasteiger partial charge on any atom is 0.128 e. The summed E-state index contributed by atoms with van der Waals surface area (Å²) in [7, 11) is 2.15. The van der Waals surface area contributed by atoms with Crippen LogP contribution in [0.4, 0.5) is 0 Å². The van der Waals surface area contributed by atoms with Crippen molar-refractivity contribution < 1.29 is 0 Å². The zero-order valence-corrected chi connectivity index (χ0v) is 9.88. The number of fused-ring (bicyclic) bond motifs is 1. The zero-order chi connectivity index (χ0) is 10.8. The van der Waals surface area contributed by atoms with E-state index in [1.54, 1.807) is 0 Å². The van der Waals surface area contributed by atoms with E-state index in [1.807, 2.05) is 0 Å². The van der Waals surface area contributed by atoms with E-state index >= 15 is 0 Å². The zero-order valence-electron chi connectivity index (χ0n) is 9.88. The highest BCUT2D eigenvalue weighted by molar-refractivity contribution is 5.27. The number of likely N-dealkylation sites (N-methyl/N-ethyl adjacent to an activating group) is 1. The number of aryl methyl sites for hydroxylation is 2. The van der Waals surface area contributed by atoms with Crippen molar-refractivity contribution in [2.24, 2.45) is 0 Å². The van der Waals surface area contributed by atoms with Gasteiger partial charge in [0.1, 0.15) is 5.82 Å². The first kappa shape index (κ1) is 10.6. The molecule has 0 aliphatic carbocycles. The second kappa shape index (κ2) is 4.27. The lowest BCUT2D eigenvalue weighted by atomic mass is 10.0. The molecule has 0 saturated carbocycles. The molecular weight excluding hydrogens is 186 g/mol. The Morgan fingerprint density at radius 2 is 2.13 bits per heavy atom. The number of nitrogens with zero attached hydrogens (tertiary/aromatic N) is 3. The van der Waals surface area contributed by atoms with Crippen LogP contribution in [0.2, 0.25) is 0 Å². The Labute approximate surface area is 91.5 Å². The minimum atomic E-state index is 0.982. The monoisotopic (exact) mass is 205 g/mol. The Morgan fingerprint density at radius 1 is 1.33 bits per heavy atom. The van der Waals surface area contributed by atoms with Gasteiger partial charge in [-0.05, 0) is 32.4 Å². The molecule has 1 aliphatic rings. The van der Waals surface area contributed by atoms with Gasteiger partial charge in [-0.1, -0.05) is 6.92 Å². The highest BCUT2D eigenvalue weighted by Gasteiger charge is 2.17. The van der Waals surface area contributed by atoms with Crippen molar-refractivity contribution in [1.29, 1.82) is 0 Å². The molecule has 0 N–H and O–H groups in total. The van der Waals surface area contributed by atoms with E-state index in [0.29, 0.717) is 0 Å². The first-order valence-corrected chi connectivity index (χ1v) is 5.74. The Morgan fingerprint density at radius 3 is 2.87 bits per heavy atom. The molecule has 0 radical (unpaired) electrons. The lowest BCUT2D eigenvalue weighted by Crippen LogP contribution is -2.29. The van der Waals surface area contributed by atoms with Crippen molar-refractivity contribution in [3.8, 4) is 0 Å². The van der Waals surface area contributed by atoms with Gasteiger partial charge in [-0.2, -0.15) is 0 Å². The molecule has 0 aromatic carbocycles. The molecule has 1 aromatic rings. The third kappa shape index (κ3) is 2.17. The molecule has 3 nitrogen and oxygen atoms in total. The van der Waals surface area contributed by atoms with E-state index in [2.05, 4.69) is 35.8 Å². The van der Waals surface area contributed by atoms with Crippen molar-refractivity contribution in [3.05, 3.63) is 22.8 Å². The Hall–Kier alpha value is -0.960. The lowest BCUT2D eigenvalue weighted by Gasteiger charge is -2.25. The van der Waals surface area contributed by atoms with Crippen LogP contribution in [0, 0.1) is 6.92 Å². The fourth-order valence-corrected chi connectivity index (χ4v) is 2.15. The van der Waals surface area contributed by atoms with E-state index in [4.69, 9.17) is 0 Å². The molecule has 0 fully saturated rings. The van der Waals surface area contributed by atoms with Crippen molar-refractivity contribution in [3.63, 3.8) is 0 Å². The predicted molar refractivity (Wildman–Crippen MR) is 60.8 cm³/mol. The third-order valence-electron chi connectivity index (χ3n) is 2.98. The van der Waals surface area contributed by atoms with Gasteiger partial charge in [0.05, 0.1) is 5.69 Å². The maximum absolute atomic E-state index is 4.66. The average molecular weight is 205 g/mol. The third-order valence-corrected chi connectivity index (χ3v) is 2.98. The molecule has 0 unspecified atom stereocenters. The van der Waals surface area contributed by atoms with Crippen LogP contribution in [0.5, 0.6) is 0 Å². The van der Waals surface area contributed by atoms with Gasteiger partial charge >= 0.3 is 0 Å². The summed E-state index contributed by atoms with van der Waals surface area (Å²) >= 11 is 0. The molecule has 0 amide bonds. The summed E-state index contributed by atoms with van der Waals surface area (Å²) in [4.78, 5) is 11.6. The smallest absolute Gasteiger partial charge is 0.128 e. The number of rotatable bonds is 2. The molecule has 1 aromatic heterocycles. The fraction of sp³-hybridized carbons (Fsp3) is 0.667. The van der Waals surface area contributed by atoms with Crippen LogP contribution in [0.15, 0.2) is 0 Å². The molecule has 2 heterocycles. The van der Waals surface area contributed by atoms with Gasteiger partial charge in [0.25, 0.3) is 0 Å². The first-order chi connectivity index (χ1) is 7.20. The highest BCUT2D eigenvalue weighted by atomic mass is 15.1. The highest BCUT2D eigenvalue weighted by Crippen LogP contribution is 2.18. The van der Waals surface area contributed by atoms with Crippen molar-refractivity contribution in [2.75, 3.05) is 13.6 Å². The van der Waals surface area contributed by atoms with E-state index in [1.165, 1.54) is 17.0 Å². The summed E-state index contributed by atoms with van der Waals surface area (Å²) in [6.45, 7) is 6.40. The molecule has 0 saturated heterocycles. The fourth-order valence-electron chi connectivity index (χ4n) is 2.15. The molecule has 3 heteroatoms. The average Bonchev–Trinajstić information content (AvgIpc) is 2.17. The summed E-state index contributed by atoms with van der Waals surface area (Å²) < 4.78 is 0. The van der Waals surface area contributed by atoms with Crippen LogP contribution in [-0.4, -0.2) is 28.5 Å². The van der Waals surface area contributed by atoms with Gasteiger partial charge < -0.3 is 4.90 Å². The van der Waals surface area contributed by atoms with Crippen LogP contribution in [0.1, 0.15) is 36.1 Å². The van der Waals surface area contributed by atoms with Crippen LogP contribution in [-0.2, 0) is 19.4 Å². The number of aromatic nitrogens is 2. The van der Waals surface area contributed by atoms with E-state index in [0.717, 1.165) is 38.2 Å². The molecular formula is C12H19N3. The maximum atomic E-state index is 4.66. The quantitative estimate of drug-likeness (QED) is 0.736. The van der Waals surface area contributed by atoms with Gasteiger partial charge in [-0.3, -0.25) is 0 Å². The van der Waals surface area contributed by atoms with E-state index in [9.17, 15) is 0 Å². The van der Waals surface area contributed by atoms with Gasteiger partial charge in [0.2, 0.25) is 0 Å². The molecule has 0 spiro atoms. The van der Waals surface area contributed by atoms with Crippen molar-refractivity contribution in [1.82, 2.24) is 14.9 Å². The minimum Gasteiger partial charge on any atom is -0.300 e. The molecule has 2 rings (SSSR count). The SMILES string of the molecule is CCCc1nc(C)c2c(n1)CN(C)CC2. The van der Waals surface area contributed by atoms with E-state index in [-0.39, 0.29) is 0 Å². The van der Waals surface area contributed by atoms with Crippen molar-refractivity contribution >= 4 is 0 Å².